The summed E-state index contributed by atoms with van der Waals surface area (Å²) in [4.78, 5) is 22.3. The van der Waals surface area contributed by atoms with Crippen molar-refractivity contribution in [3.8, 4) is 0 Å². The number of nitrogens with zero attached hydrogens (tertiary/aromatic N) is 2. The number of fused-ring (bicyclic) bond motifs is 1. The molecule has 1 saturated carbocycles. The van der Waals surface area contributed by atoms with E-state index in [0.29, 0.717) is 52.9 Å². The molecule has 3 heterocycles. The second-order valence-corrected chi connectivity index (χ2v) is 10.1. The molecule has 1 aliphatic heterocycles. The Hall–Kier alpha value is -2.44. The fraction of sp³-hybridized carbons (Fsp3) is 0.375. The van der Waals surface area contributed by atoms with Crippen LogP contribution in [0.15, 0.2) is 36.1 Å². The lowest BCUT2D eigenvalue weighted by Crippen LogP contribution is -2.20. The van der Waals surface area contributed by atoms with E-state index in [1.165, 1.54) is 36.0 Å². The fourth-order valence-electron chi connectivity index (χ4n) is 4.75. The minimum atomic E-state index is -0.912. The van der Waals surface area contributed by atoms with E-state index in [4.69, 9.17) is 14.1 Å². The van der Waals surface area contributed by atoms with E-state index in [0.717, 1.165) is 37.1 Å². The van der Waals surface area contributed by atoms with Crippen LogP contribution in [0.2, 0.25) is 0 Å². The molecule has 3 N–H and O–H groups in total. The Morgan fingerprint density at radius 2 is 2.14 bits per heavy atom. The molecule has 0 bridgehead atoms. The maximum absolute atomic E-state index is 13.9. The summed E-state index contributed by atoms with van der Waals surface area (Å²) in [7, 11) is 0. The van der Waals surface area contributed by atoms with Crippen molar-refractivity contribution in [1.29, 1.82) is 0 Å². The van der Waals surface area contributed by atoms with Gasteiger partial charge in [-0.15, -0.1) is 11.3 Å². The third-order valence-electron chi connectivity index (χ3n) is 6.48. The van der Waals surface area contributed by atoms with Crippen LogP contribution in [0.5, 0.6) is 0 Å². The molecular formula is C24H24F2N4O3S2. The lowest BCUT2D eigenvalue weighted by molar-refractivity contribution is 0.0695. The SMILES string of the molecule is NSOCC1CCC(Nc2ncncc2C(=O)c2cc(C3OCCc4cc(F)c(F)cc43)cs2)C1. The minimum Gasteiger partial charge on any atom is -0.368 e. The zero-order valence-electron chi connectivity index (χ0n) is 18.7. The van der Waals surface area contributed by atoms with E-state index in [1.807, 2.05) is 5.38 Å². The second kappa shape index (κ2) is 10.7. The molecule has 5 rings (SSSR count). The number of aromatic nitrogens is 2. The number of benzene rings is 1. The van der Waals surface area contributed by atoms with Crippen LogP contribution in [0.25, 0.3) is 0 Å². The van der Waals surface area contributed by atoms with E-state index in [2.05, 4.69) is 15.3 Å². The third-order valence-corrected chi connectivity index (χ3v) is 7.70. The molecule has 184 valence electrons. The number of nitrogens with one attached hydrogen (secondary N) is 1. The molecular weight excluding hydrogens is 494 g/mol. The number of carbonyl (C=O) groups is 1. The average molecular weight is 519 g/mol. The van der Waals surface area contributed by atoms with Crippen LogP contribution in [-0.4, -0.2) is 35.0 Å². The third kappa shape index (κ3) is 5.24. The molecule has 7 nitrogen and oxygen atoms in total. The summed E-state index contributed by atoms with van der Waals surface area (Å²) < 4.78 is 38.8. The van der Waals surface area contributed by atoms with Crippen molar-refractivity contribution in [2.45, 2.75) is 37.8 Å². The molecule has 1 fully saturated rings. The molecule has 1 aromatic carbocycles. The predicted molar refractivity (Wildman–Crippen MR) is 130 cm³/mol. The van der Waals surface area contributed by atoms with E-state index < -0.39 is 17.7 Å². The molecule has 0 spiro atoms. The van der Waals surface area contributed by atoms with E-state index in [1.54, 1.807) is 6.07 Å². The Bertz CT molecular complexity index is 1230. The van der Waals surface area contributed by atoms with Gasteiger partial charge in [-0.25, -0.2) is 18.7 Å². The zero-order chi connectivity index (χ0) is 24.4. The molecule has 3 atom stereocenters. The standard InChI is InChI=1S/C24H24F2N4O3S2/c25-19-6-14-3-4-32-23(17(14)8-20(19)26)15-7-21(34-11-15)22(31)18-9-28-12-29-24(18)30-16-2-1-13(5-16)10-33-35-27/h6-9,11-13,16,23H,1-5,10,27H2,(H,28,29,30). The summed E-state index contributed by atoms with van der Waals surface area (Å²) in [6, 6.07) is 4.34. The number of ketones is 1. The lowest BCUT2D eigenvalue weighted by atomic mass is 9.93. The monoisotopic (exact) mass is 518 g/mol. The molecule has 11 heteroatoms. The van der Waals surface area contributed by atoms with E-state index in [9.17, 15) is 13.6 Å². The molecule has 3 aromatic rings. The topological polar surface area (TPSA) is 99.4 Å². The number of nitrogens with two attached hydrogens (primary N) is 1. The van der Waals surface area contributed by atoms with Gasteiger partial charge >= 0.3 is 0 Å². The number of rotatable bonds is 8. The number of halogens is 2. The van der Waals surface area contributed by atoms with Gasteiger partial charge in [0.2, 0.25) is 5.78 Å². The van der Waals surface area contributed by atoms with Gasteiger partial charge in [0.05, 0.1) is 35.9 Å². The quantitative estimate of drug-likeness (QED) is 0.249. The Kier molecular flexibility index (Phi) is 7.40. The van der Waals surface area contributed by atoms with Crippen LogP contribution in [0.3, 0.4) is 0 Å². The number of carbonyl (C=O) groups excluding carboxylic acids is 1. The van der Waals surface area contributed by atoms with Crippen LogP contribution in [0, 0.1) is 17.6 Å². The molecule has 0 saturated heterocycles. The smallest absolute Gasteiger partial charge is 0.208 e. The average Bonchev–Trinajstić information content (AvgIpc) is 3.53. The summed E-state index contributed by atoms with van der Waals surface area (Å²) >= 11 is 2.16. The predicted octanol–water partition coefficient (Wildman–Crippen LogP) is 4.83. The number of hydrogen-bond acceptors (Lipinski definition) is 9. The van der Waals surface area contributed by atoms with Crippen LogP contribution >= 0.6 is 23.6 Å². The van der Waals surface area contributed by atoms with Gasteiger partial charge < -0.3 is 14.2 Å². The first kappa shape index (κ1) is 24.3. The van der Waals surface area contributed by atoms with Gasteiger partial charge in [0.1, 0.15) is 18.2 Å². The fourth-order valence-corrected chi connectivity index (χ4v) is 5.90. The first-order valence-corrected chi connectivity index (χ1v) is 13.0. The van der Waals surface area contributed by atoms with E-state index >= 15 is 0 Å². The highest BCUT2D eigenvalue weighted by atomic mass is 32.2. The molecule has 2 aromatic heterocycles. The van der Waals surface area contributed by atoms with Crippen LogP contribution < -0.4 is 10.5 Å². The maximum atomic E-state index is 13.9. The molecule has 2 aliphatic rings. The lowest BCUT2D eigenvalue weighted by Gasteiger charge is -2.25. The van der Waals surface area contributed by atoms with Gasteiger partial charge in [0.15, 0.2) is 11.6 Å². The van der Waals surface area contributed by atoms with Gasteiger partial charge in [-0.2, -0.15) is 0 Å². The Morgan fingerprint density at radius 3 is 3.00 bits per heavy atom. The normalized spacial score (nSPS) is 21.6. The molecule has 35 heavy (non-hydrogen) atoms. The zero-order valence-corrected chi connectivity index (χ0v) is 20.3. The van der Waals surface area contributed by atoms with Crippen molar-refractivity contribution in [3.05, 3.63) is 74.9 Å². The first-order valence-electron chi connectivity index (χ1n) is 11.3. The van der Waals surface area contributed by atoms with Crippen molar-refractivity contribution in [2.75, 3.05) is 18.5 Å². The van der Waals surface area contributed by atoms with Gasteiger partial charge in [-0.05, 0) is 71.9 Å². The first-order chi connectivity index (χ1) is 17.0. The Balaban J connectivity index is 1.34. The summed E-state index contributed by atoms with van der Waals surface area (Å²) in [5, 5.41) is 10.6. The molecule has 0 radical (unpaired) electrons. The number of thiophene rings is 1. The second-order valence-electron chi connectivity index (χ2n) is 8.73. The number of anilines is 1. The molecule has 3 unspecified atom stereocenters. The maximum Gasteiger partial charge on any atom is 0.208 e. The highest BCUT2D eigenvalue weighted by molar-refractivity contribution is 7.92. The van der Waals surface area contributed by atoms with Crippen LogP contribution in [0.1, 0.15) is 57.3 Å². The van der Waals surface area contributed by atoms with Gasteiger partial charge in [0, 0.05) is 12.2 Å². The number of ether oxygens (including phenoxy) is 1. The van der Waals surface area contributed by atoms with Crippen LogP contribution in [-0.2, 0) is 15.3 Å². The van der Waals surface area contributed by atoms with Crippen molar-refractivity contribution in [2.24, 2.45) is 11.1 Å². The minimum absolute atomic E-state index is 0.175. The highest BCUT2D eigenvalue weighted by Crippen LogP contribution is 2.37. The van der Waals surface area contributed by atoms with Crippen molar-refractivity contribution in [1.82, 2.24) is 9.97 Å². The van der Waals surface area contributed by atoms with Crippen molar-refractivity contribution in [3.63, 3.8) is 0 Å². The largest absolute Gasteiger partial charge is 0.368 e. The summed E-state index contributed by atoms with van der Waals surface area (Å²) in [6.07, 6.45) is 5.74. The van der Waals surface area contributed by atoms with Crippen molar-refractivity contribution < 1.29 is 22.5 Å². The highest BCUT2D eigenvalue weighted by Gasteiger charge is 2.29. The molecule has 0 amide bonds. The summed E-state index contributed by atoms with van der Waals surface area (Å²) in [6.45, 7) is 0.982. The Morgan fingerprint density at radius 1 is 1.29 bits per heavy atom. The van der Waals surface area contributed by atoms with Crippen LogP contribution in [0.4, 0.5) is 14.6 Å². The van der Waals surface area contributed by atoms with E-state index in [-0.39, 0.29) is 11.8 Å². The molecule has 1 aliphatic carbocycles. The Labute approximate surface area is 209 Å². The van der Waals surface area contributed by atoms with Gasteiger partial charge in [-0.1, -0.05) is 0 Å². The number of hydrogen-bond donors (Lipinski definition) is 2. The van der Waals surface area contributed by atoms with Gasteiger partial charge in [0.25, 0.3) is 0 Å². The summed E-state index contributed by atoms with van der Waals surface area (Å²) in [5.74, 6) is -1.08. The summed E-state index contributed by atoms with van der Waals surface area (Å²) in [5.41, 5.74) is 2.42. The van der Waals surface area contributed by atoms with Gasteiger partial charge in [-0.3, -0.25) is 9.93 Å². The van der Waals surface area contributed by atoms with Crippen molar-refractivity contribution >= 4 is 35.2 Å².